The van der Waals surface area contributed by atoms with Crippen LogP contribution in [0.25, 0.3) is 6.08 Å². The predicted molar refractivity (Wildman–Crippen MR) is 104 cm³/mol. The van der Waals surface area contributed by atoms with Gasteiger partial charge in [-0.15, -0.1) is 0 Å². The van der Waals surface area contributed by atoms with Crippen LogP contribution in [-0.4, -0.2) is 31.6 Å². The summed E-state index contributed by atoms with van der Waals surface area (Å²) in [4.78, 5) is 12.4. The highest BCUT2D eigenvalue weighted by Crippen LogP contribution is 2.17. The first-order valence-electron chi connectivity index (χ1n) is 7.96. The molecule has 0 fully saturated rings. The summed E-state index contributed by atoms with van der Waals surface area (Å²) in [5, 5.41) is 0. The van der Waals surface area contributed by atoms with Crippen LogP contribution in [0, 0.1) is 0 Å². The summed E-state index contributed by atoms with van der Waals surface area (Å²) >= 11 is 3.38. The molecule has 0 N–H and O–H groups in total. The molecule has 0 unspecified atom stereocenters. The van der Waals surface area contributed by atoms with Gasteiger partial charge < -0.3 is 0 Å². The SMILES string of the molecule is CCN(CC)S(=O)(=O)c1ccc(C(=O)C=Cc2cccc(Br)c2)cc1. The second kappa shape index (κ2) is 8.56. The highest BCUT2D eigenvalue weighted by molar-refractivity contribution is 9.10. The zero-order chi connectivity index (χ0) is 18.4. The van der Waals surface area contributed by atoms with E-state index in [2.05, 4.69) is 15.9 Å². The first-order valence-corrected chi connectivity index (χ1v) is 10.2. The van der Waals surface area contributed by atoms with E-state index in [0.717, 1.165) is 10.0 Å². The number of hydrogen-bond donors (Lipinski definition) is 0. The molecule has 4 nitrogen and oxygen atoms in total. The second-order valence-electron chi connectivity index (χ2n) is 5.37. The Balaban J connectivity index is 2.18. The fraction of sp³-hybridized carbons (Fsp3) is 0.211. The van der Waals surface area contributed by atoms with Crippen LogP contribution in [0.4, 0.5) is 0 Å². The Labute approximate surface area is 157 Å². The zero-order valence-corrected chi connectivity index (χ0v) is 16.5. The van der Waals surface area contributed by atoms with E-state index >= 15 is 0 Å². The number of ketones is 1. The van der Waals surface area contributed by atoms with Crippen LogP contribution in [0.1, 0.15) is 29.8 Å². The number of benzene rings is 2. The number of allylic oxidation sites excluding steroid dienone is 1. The highest BCUT2D eigenvalue weighted by Gasteiger charge is 2.21. The maximum Gasteiger partial charge on any atom is 0.243 e. The Hall–Kier alpha value is -1.76. The van der Waals surface area contributed by atoms with Crippen LogP contribution in [0.5, 0.6) is 0 Å². The molecule has 0 atom stereocenters. The number of hydrogen-bond acceptors (Lipinski definition) is 3. The molecule has 0 bridgehead atoms. The third kappa shape index (κ3) is 4.87. The van der Waals surface area contributed by atoms with Crippen molar-refractivity contribution in [3.63, 3.8) is 0 Å². The number of sulfonamides is 1. The normalized spacial score (nSPS) is 12.0. The fourth-order valence-corrected chi connectivity index (χ4v) is 4.26. The van der Waals surface area contributed by atoms with Crippen molar-refractivity contribution in [2.45, 2.75) is 18.7 Å². The van der Waals surface area contributed by atoms with E-state index in [1.807, 2.05) is 24.3 Å². The van der Waals surface area contributed by atoms with Gasteiger partial charge in [-0.05, 0) is 48.0 Å². The maximum atomic E-state index is 12.4. The lowest BCUT2D eigenvalue weighted by molar-refractivity contribution is 0.104. The predicted octanol–water partition coefficient (Wildman–Crippen LogP) is 4.38. The van der Waals surface area contributed by atoms with Gasteiger partial charge in [0.1, 0.15) is 0 Å². The molecule has 0 aliphatic rings. The summed E-state index contributed by atoms with van der Waals surface area (Å²) in [5.74, 6) is -0.174. The Kier molecular flexibility index (Phi) is 6.70. The van der Waals surface area contributed by atoms with E-state index in [0.29, 0.717) is 18.7 Å². The lowest BCUT2D eigenvalue weighted by atomic mass is 10.1. The maximum absolute atomic E-state index is 12.4. The first kappa shape index (κ1) is 19.6. The first-order chi connectivity index (χ1) is 11.9. The van der Waals surface area contributed by atoms with Crippen molar-refractivity contribution in [3.8, 4) is 0 Å². The molecule has 0 amide bonds. The van der Waals surface area contributed by atoms with Crippen molar-refractivity contribution in [2.24, 2.45) is 0 Å². The van der Waals surface area contributed by atoms with Crippen LogP contribution >= 0.6 is 15.9 Å². The van der Waals surface area contributed by atoms with Gasteiger partial charge in [0.2, 0.25) is 10.0 Å². The molecule has 0 aliphatic heterocycles. The van der Waals surface area contributed by atoms with Crippen molar-refractivity contribution >= 4 is 37.8 Å². The molecule has 2 aromatic carbocycles. The Morgan fingerprint density at radius 2 is 1.72 bits per heavy atom. The summed E-state index contributed by atoms with van der Waals surface area (Å²) in [5.41, 5.74) is 1.35. The van der Waals surface area contributed by atoms with Crippen LogP contribution in [-0.2, 0) is 10.0 Å². The van der Waals surface area contributed by atoms with Crippen LogP contribution in [0.15, 0.2) is 64.0 Å². The van der Waals surface area contributed by atoms with E-state index < -0.39 is 10.0 Å². The fourth-order valence-electron chi connectivity index (χ4n) is 2.38. The molecule has 132 valence electrons. The minimum absolute atomic E-state index is 0.174. The van der Waals surface area contributed by atoms with Crippen LogP contribution in [0.2, 0.25) is 0 Å². The molecule has 2 aromatic rings. The molecule has 2 rings (SSSR count). The smallest absolute Gasteiger partial charge is 0.243 e. The van der Waals surface area contributed by atoms with Crippen molar-refractivity contribution in [1.29, 1.82) is 0 Å². The summed E-state index contributed by atoms with van der Waals surface area (Å²) in [6.45, 7) is 4.42. The average Bonchev–Trinajstić information content (AvgIpc) is 2.60. The van der Waals surface area contributed by atoms with E-state index in [4.69, 9.17) is 0 Å². The van der Waals surface area contributed by atoms with Crippen molar-refractivity contribution in [3.05, 3.63) is 70.2 Å². The number of carbonyl (C=O) groups excluding carboxylic acids is 1. The lowest BCUT2D eigenvalue weighted by Crippen LogP contribution is -2.30. The summed E-state index contributed by atoms with van der Waals surface area (Å²) in [6.07, 6.45) is 3.21. The van der Waals surface area contributed by atoms with E-state index in [1.54, 1.807) is 32.1 Å². The van der Waals surface area contributed by atoms with Gasteiger partial charge >= 0.3 is 0 Å². The quantitative estimate of drug-likeness (QED) is 0.492. The van der Waals surface area contributed by atoms with Gasteiger partial charge in [0.15, 0.2) is 5.78 Å². The average molecular weight is 422 g/mol. The van der Waals surface area contributed by atoms with Crippen LogP contribution in [0.3, 0.4) is 0 Å². The highest BCUT2D eigenvalue weighted by atomic mass is 79.9. The molecule has 0 saturated heterocycles. The lowest BCUT2D eigenvalue weighted by Gasteiger charge is -2.18. The second-order valence-corrected chi connectivity index (χ2v) is 8.22. The monoisotopic (exact) mass is 421 g/mol. The number of nitrogens with zero attached hydrogens (tertiary/aromatic N) is 1. The van der Waals surface area contributed by atoms with Crippen molar-refractivity contribution < 1.29 is 13.2 Å². The Bertz CT molecular complexity index is 870. The Morgan fingerprint density at radius 1 is 1.08 bits per heavy atom. The molecular weight excluding hydrogens is 402 g/mol. The molecular formula is C19H20BrNO3S. The van der Waals surface area contributed by atoms with E-state index in [9.17, 15) is 13.2 Å². The van der Waals surface area contributed by atoms with E-state index in [-0.39, 0.29) is 10.7 Å². The minimum atomic E-state index is -3.50. The number of rotatable bonds is 7. The van der Waals surface area contributed by atoms with Crippen LogP contribution < -0.4 is 0 Å². The molecule has 0 spiro atoms. The number of halogens is 1. The van der Waals surface area contributed by atoms with Gasteiger partial charge in [0.05, 0.1) is 4.90 Å². The molecule has 0 radical (unpaired) electrons. The van der Waals surface area contributed by atoms with Crippen molar-refractivity contribution in [2.75, 3.05) is 13.1 Å². The van der Waals surface area contributed by atoms with Crippen molar-refractivity contribution in [1.82, 2.24) is 4.31 Å². The third-order valence-corrected chi connectivity index (χ3v) is 6.32. The van der Waals surface area contributed by atoms with Gasteiger partial charge in [-0.25, -0.2) is 8.42 Å². The topological polar surface area (TPSA) is 54.5 Å². The summed E-state index contributed by atoms with van der Waals surface area (Å²) < 4.78 is 27.2. The zero-order valence-electron chi connectivity index (χ0n) is 14.1. The third-order valence-electron chi connectivity index (χ3n) is 3.76. The summed E-state index contributed by atoms with van der Waals surface area (Å²) in [6, 6.07) is 13.7. The van der Waals surface area contributed by atoms with E-state index in [1.165, 1.54) is 22.5 Å². The largest absolute Gasteiger partial charge is 0.289 e. The van der Waals surface area contributed by atoms with Gasteiger partial charge in [0, 0.05) is 23.1 Å². The minimum Gasteiger partial charge on any atom is -0.289 e. The van der Waals surface area contributed by atoms with Gasteiger partial charge in [-0.1, -0.05) is 48.0 Å². The molecule has 0 heterocycles. The molecule has 25 heavy (non-hydrogen) atoms. The standard InChI is InChI=1S/C19H20BrNO3S/c1-3-21(4-2)25(23,24)18-11-9-16(10-12-18)19(22)13-8-15-6-5-7-17(20)14-15/h5-14H,3-4H2,1-2H3. The van der Waals surface area contributed by atoms with Gasteiger partial charge in [-0.2, -0.15) is 4.31 Å². The number of carbonyl (C=O) groups is 1. The Morgan fingerprint density at radius 3 is 2.28 bits per heavy atom. The summed E-state index contributed by atoms with van der Waals surface area (Å²) in [7, 11) is -3.50. The van der Waals surface area contributed by atoms with Gasteiger partial charge in [-0.3, -0.25) is 4.79 Å². The molecule has 6 heteroatoms. The molecule has 0 saturated carbocycles. The van der Waals surface area contributed by atoms with Gasteiger partial charge in [0.25, 0.3) is 0 Å². The molecule has 0 aliphatic carbocycles. The molecule has 0 aromatic heterocycles.